The van der Waals surface area contributed by atoms with Crippen LogP contribution in [0.5, 0.6) is 17.2 Å². The second-order valence-electron chi connectivity index (χ2n) is 6.22. The Balaban J connectivity index is 2.33. The van der Waals surface area contributed by atoms with Crippen molar-refractivity contribution in [2.24, 2.45) is 11.1 Å². The molecule has 0 unspecified atom stereocenters. The normalized spacial score (nSPS) is 16.3. The fourth-order valence-corrected chi connectivity index (χ4v) is 3.39. The molecule has 1 aromatic rings. The van der Waals surface area contributed by atoms with Crippen molar-refractivity contribution in [3.8, 4) is 17.2 Å². The van der Waals surface area contributed by atoms with Gasteiger partial charge >= 0.3 is 0 Å². The van der Waals surface area contributed by atoms with E-state index in [9.17, 15) is 9.59 Å². The molecule has 0 heterocycles. The Hall–Kier alpha value is -2.24. The molecule has 1 fully saturated rings. The number of primary amides is 1. The first-order valence-electron chi connectivity index (χ1n) is 8.10. The van der Waals surface area contributed by atoms with Crippen LogP contribution >= 0.6 is 0 Å². The Morgan fingerprint density at radius 1 is 1.00 bits per heavy atom. The van der Waals surface area contributed by atoms with E-state index in [1.54, 1.807) is 12.1 Å². The summed E-state index contributed by atoms with van der Waals surface area (Å²) in [6, 6.07) is 3.22. The molecule has 24 heavy (non-hydrogen) atoms. The van der Waals surface area contributed by atoms with Crippen molar-refractivity contribution in [3.63, 3.8) is 0 Å². The number of ketones is 1. The van der Waals surface area contributed by atoms with Crippen LogP contribution in [-0.2, 0) is 4.79 Å². The molecule has 1 aliphatic carbocycles. The minimum absolute atomic E-state index is 0.112. The lowest BCUT2D eigenvalue weighted by atomic mass is 9.70. The summed E-state index contributed by atoms with van der Waals surface area (Å²) in [6.07, 6.45) is 4.36. The molecule has 0 radical (unpaired) electrons. The van der Waals surface area contributed by atoms with E-state index in [2.05, 4.69) is 0 Å². The van der Waals surface area contributed by atoms with Crippen LogP contribution in [0, 0.1) is 5.41 Å². The van der Waals surface area contributed by atoms with Crippen molar-refractivity contribution in [3.05, 3.63) is 17.7 Å². The highest BCUT2D eigenvalue weighted by atomic mass is 16.5. The lowest BCUT2D eigenvalue weighted by Crippen LogP contribution is -2.40. The van der Waals surface area contributed by atoms with Crippen molar-refractivity contribution in [2.75, 3.05) is 21.3 Å². The van der Waals surface area contributed by atoms with Crippen molar-refractivity contribution in [1.29, 1.82) is 0 Å². The van der Waals surface area contributed by atoms with Crippen molar-refractivity contribution in [1.82, 2.24) is 0 Å². The lowest BCUT2D eigenvalue weighted by Gasteiger charge is -2.33. The van der Waals surface area contributed by atoms with Crippen LogP contribution in [0.15, 0.2) is 12.1 Å². The number of Topliss-reactive ketones (excluding diaryl/α,β-unsaturated/α-hetero) is 1. The second-order valence-corrected chi connectivity index (χ2v) is 6.22. The smallest absolute Gasteiger partial charge is 0.224 e. The SMILES string of the molecule is COc1cc(C(=O)CC2(C(N)=O)CCCCC2)cc(OC)c1OC. The Kier molecular flexibility index (Phi) is 5.70. The third-order valence-corrected chi connectivity index (χ3v) is 4.82. The van der Waals surface area contributed by atoms with Gasteiger partial charge in [0.1, 0.15) is 0 Å². The van der Waals surface area contributed by atoms with Crippen LogP contribution in [0.2, 0.25) is 0 Å². The molecule has 6 nitrogen and oxygen atoms in total. The first kappa shape index (κ1) is 18.1. The van der Waals surface area contributed by atoms with Gasteiger partial charge in [0.05, 0.1) is 26.7 Å². The fraction of sp³-hybridized carbons (Fsp3) is 0.556. The Morgan fingerprint density at radius 2 is 1.54 bits per heavy atom. The Morgan fingerprint density at radius 3 is 1.96 bits per heavy atom. The van der Waals surface area contributed by atoms with Gasteiger partial charge < -0.3 is 19.9 Å². The zero-order valence-corrected chi connectivity index (χ0v) is 14.5. The van der Waals surface area contributed by atoms with Gasteiger partial charge in [-0.05, 0) is 25.0 Å². The monoisotopic (exact) mass is 335 g/mol. The highest BCUT2D eigenvalue weighted by Crippen LogP contribution is 2.42. The molecule has 1 aliphatic rings. The number of carbonyl (C=O) groups excluding carboxylic acids is 2. The number of methoxy groups -OCH3 is 3. The van der Waals surface area contributed by atoms with Gasteiger partial charge in [0.25, 0.3) is 0 Å². The first-order valence-corrected chi connectivity index (χ1v) is 8.10. The molecule has 2 rings (SSSR count). The second kappa shape index (κ2) is 7.55. The Bertz CT molecular complexity index is 595. The predicted molar refractivity (Wildman–Crippen MR) is 89.8 cm³/mol. The number of hydrogen-bond acceptors (Lipinski definition) is 5. The summed E-state index contributed by atoms with van der Waals surface area (Å²) in [5.41, 5.74) is 5.31. The summed E-state index contributed by atoms with van der Waals surface area (Å²) in [7, 11) is 4.50. The van der Waals surface area contributed by atoms with Gasteiger partial charge in [-0.25, -0.2) is 0 Å². The van der Waals surface area contributed by atoms with Gasteiger partial charge in [-0.15, -0.1) is 0 Å². The van der Waals surface area contributed by atoms with E-state index in [0.717, 1.165) is 19.3 Å². The maximum absolute atomic E-state index is 12.8. The molecule has 2 N–H and O–H groups in total. The van der Waals surface area contributed by atoms with E-state index in [-0.39, 0.29) is 18.1 Å². The molecule has 6 heteroatoms. The van der Waals surface area contributed by atoms with Crippen molar-refractivity contribution in [2.45, 2.75) is 38.5 Å². The molecule has 0 saturated heterocycles. The summed E-state index contributed by atoms with van der Waals surface area (Å²) < 4.78 is 15.8. The number of hydrogen-bond donors (Lipinski definition) is 1. The third-order valence-electron chi connectivity index (χ3n) is 4.82. The highest BCUT2D eigenvalue weighted by Gasteiger charge is 2.40. The predicted octanol–water partition coefficient (Wildman–Crippen LogP) is 2.72. The summed E-state index contributed by atoms with van der Waals surface area (Å²) in [4.78, 5) is 24.8. The summed E-state index contributed by atoms with van der Waals surface area (Å²) in [5, 5.41) is 0. The maximum atomic E-state index is 12.8. The fourth-order valence-electron chi connectivity index (χ4n) is 3.39. The molecular formula is C18H25NO5. The van der Waals surface area contributed by atoms with Gasteiger partial charge in [-0.2, -0.15) is 0 Å². The van der Waals surface area contributed by atoms with Crippen molar-refractivity contribution >= 4 is 11.7 Å². The van der Waals surface area contributed by atoms with Gasteiger partial charge in [0.2, 0.25) is 11.7 Å². The molecular weight excluding hydrogens is 310 g/mol. The number of carbonyl (C=O) groups is 2. The number of amides is 1. The van der Waals surface area contributed by atoms with Gasteiger partial charge in [-0.1, -0.05) is 19.3 Å². The molecule has 0 atom stereocenters. The first-order chi connectivity index (χ1) is 11.5. The van der Waals surface area contributed by atoms with E-state index in [1.165, 1.54) is 21.3 Å². The van der Waals surface area contributed by atoms with Crippen LogP contribution in [-0.4, -0.2) is 33.0 Å². The topological polar surface area (TPSA) is 87.9 Å². The van der Waals surface area contributed by atoms with Crippen LogP contribution in [0.25, 0.3) is 0 Å². The molecule has 1 saturated carbocycles. The average Bonchev–Trinajstić information content (AvgIpc) is 2.60. The summed E-state index contributed by atoms with van der Waals surface area (Å²) >= 11 is 0. The quantitative estimate of drug-likeness (QED) is 0.774. The van der Waals surface area contributed by atoms with E-state index in [0.29, 0.717) is 35.7 Å². The molecule has 1 amide bonds. The summed E-state index contributed by atoms with van der Waals surface area (Å²) in [5.74, 6) is 0.728. The van der Waals surface area contributed by atoms with E-state index >= 15 is 0 Å². The molecule has 132 valence electrons. The molecule has 0 spiro atoms. The lowest BCUT2D eigenvalue weighted by molar-refractivity contribution is -0.129. The van der Waals surface area contributed by atoms with Crippen LogP contribution in [0.1, 0.15) is 48.9 Å². The zero-order valence-electron chi connectivity index (χ0n) is 14.5. The maximum Gasteiger partial charge on any atom is 0.224 e. The van der Waals surface area contributed by atoms with Crippen LogP contribution < -0.4 is 19.9 Å². The number of nitrogens with two attached hydrogens (primary N) is 1. The highest BCUT2D eigenvalue weighted by molar-refractivity contribution is 6.00. The molecule has 0 aromatic heterocycles. The molecule has 0 bridgehead atoms. The van der Waals surface area contributed by atoms with Gasteiger partial charge in [-0.3, -0.25) is 9.59 Å². The van der Waals surface area contributed by atoms with Crippen LogP contribution in [0.4, 0.5) is 0 Å². The minimum atomic E-state index is -0.740. The average molecular weight is 335 g/mol. The molecule has 0 aliphatic heterocycles. The van der Waals surface area contributed by atoms with E-state index < -0.39 is 5.41 Å². The van der Waals surface area contributed by atoms with Crippen molar-refractivity contribution < 1.29 is 23.8 Å². The standard InChI is InChI=1S/C18H25NO5/c1-22-14-9-12(10-15(23-2)16(14)24-3)13(20)11-18(17(19)21)7-5-4-6-8-18/h9-10H,4-8,11H2,1-3H3,(H2,19,21). The Labute approximate surface area is 142 Å². The summed E-state index contributed by atoms with van der Waals surface area (Å²) in [6.45, 7) is 0. The van der Waals surface area contributed by atoms with Crippen LogP contribution in [0.3, 0.4) is 0 Å². The van der Waals surface area contributed by atoms with Gasteiger partial charge in [0, 0.05) is 12.0 Å². The third kappa shape index (κ3) is 3.47. The van der Waals surface area contributed by atoms with E-state index in [4.69, 9.17) is 19.9 Å². The minimum Gasteiger partial charge on any atom is -0.493 e. The number of benzene rings is 1. The largest absolute Gasteiger partial charge is 0.493 e. The molecule has 1 aromatic carbocycles. The number of ether oxygens (including phenoxy) is 3. The van der Waals surface area contributed by atoms with Gasteiger partial charge in [0.15, 0.2) is 17.3 Å². The van der Waals surface area contributed by atoms with E-state index in [1.807, 2.05) is 0 Å². The zero-order chi connectivity index (χ0) is 17.7. The number of rotatable bonds is 7.